The Balaban J connectivity index is 2.70. The van der Waals surface area contributed by atoms with Crippen LogP contribution in [0.4, 0.5) is 14.9 Å². The SMILES string of the molecule is CCC(CO)(CO)NC(=O)Nc1ccccc1F. The van der Waals surface area contributed by atoms with Crippen molar-refractivity contribution in [3.8, 4) is 0 Å². The highest BCUT2D eigenvalue weighted by Gasteiger charge is 2.28. The van der Waals surface area contributed by atoms with E-state index in [1.165, 1.54) is 18.2 Å². The molecule has 1 aromatic rings. The summed E-state index contributed by atoms with van der Waals surface area (Å²) in [7, 11) is 0. The lowest BCUT2D eigenvalue weighted by molar-refractivity contribution is 0.0955. The second kappa shape index (κ2) is 6.32. The summed E-state index contributed by atoms with van der Waals surface area (Å²) in [5.74, 6) is -0.553. The van der Waals surface area contributed by atoms with Crippen LogP contribution in [0.1, 0.15) is 13.3 Å². The van der Waals surface area contributed by atoms with Crippen LogP contribution in [0.5, 0.6) is 0 Å². The predicted molar refractivity (Wildman–Crippen MR) is 65.7 cm³/mol. The molecule has 0 saturated carbocycles. The summed E-state index contributed by atoms with van der Waals surface area (Å²) in [5, 5.41) is 23.1. The maximum absolute atomic E-state index is 13.3. The molecule has 4 N–H and O–H groups in total. The van der Waals surface area contributed by atoms with Crippen molar-refractivity contribution in [1.29, 1.82) is 0 Å². The third-order valence-electron chi connectivity index (χ3n) is 2.78. The number of hydrogen-bond donors (Lipinski definition) is 4. The van der Waals surface area contributed by atoms with Crippen molar-refractivity contribution >= 4 is 11.7 Å². The van der Waals surface area contributed by atoms with Crippen molar-refractivity contribution in [3.63, 3.8) is 0 Å². The van der Waals surface area contributed by atoms with Crippen molar-refractivity contribution in [1.82, 2.24) is 5.32 Å². The molecule has 0 fully saturated rings. The molecule has 0 saturated heterocycles. The van der Waals surface area contributed by atoms with Gasteiger partial charge >= 0.3 is 6.03 Å². The number of nitrogens with one attached hydrogen (secondary N) is 2. The van der Waals surface area contributed by atoms with E-state index >= 15 is 0 Å². The molecule has 6 heteroatoms. The summed E-state index contributed by atoms with van der Waals surface area (Å²) in [6, 6.07) is 5.06. The lowest BCUT2D eigenvalue weighted by Crippen LogP contribution is -2.55. The van der Waals surface area contributed by atoms with Gasteiger partial charge < -0.3 is 20.8 Å². The van der Waals surface area contributed by atoms with Gasteiger partial charge in [-0.2, -0.15) is 0 Å². The molecule has 0 heterocycles. The summed E-state index contributed by atoms with van der Waals surface area (Å²) in [5.41, 5.74) is -1.06. The fourth-order valence-electron chi connectivity index (χ4n) is 1.40. The van der Waals surface area contributed by atoms with Crippen LogP contribution in [0.15, 0.2) is 24.3 Å². The Hall–Kier alpha value is -1.66. The molecule has 1 aromatic carbocycles. The average Bonchev–Trinajstić information content (AvgIpc) is 2.39. The maximum Gasteiger partial charge on any atom is 0.319 e. The fourth-order valence-corrected chi connectivity index (χ4v) is 1.40. The van der Waals surface area contributed by atoms with Gasteiger partial charge in [0.2, 0.25) is 0 Å². The molecule has 0 aliphatic heterocycles. The van der Waals surface area contributed by atoms with Crippen LogP contribution >= 0.6 is 0 Å². The molecule has 5 nitrogen and oxygen atoms in total. The van der Waals surface area contributed by atoms with Gasteiger partial charge in [-0.05, 0) is 18.6 Å². The second-order valence-electron chi connectivity index (χ2n) is 4.01. The Bertz CT molecular complexity index is 400. The van der Waals surface area contributed by atoms with Crippen LogP contribution in [-0.2, 0) is 0 Å². The number of halogens is 1. The Labute approximate surface area is 105 Å². The highest BCUT2D eigenvalue weighted by atomic mass is 19.1. The van der Waals surface area contributed by atoms with Crippen LogP contribution in [0.3, 0.4) is 0 Å². The smallest absolute Gasteiger partial charge is 0.319 e. The van der Waals surface area contributed by atoms with E-state index in [1.807, 2.05) is 0 Å². The average molecular weight is 256 g/mol. The minimum absolute atomic E-state index is 0.0379. The monoisotopic (exact) mass is 256 g/mol. The van der Waals surface area contributed by atoms with E-state index in [1.54, 1.807) is 13.0 Å². The molecule has 0 atom stereocenters. The van der Waals surface area contributed by atoms with Gasteiger partial charge in [-0.25, -0.2) is 9.18 Å². The number of aliphatic hydroxyl groups is 2. The molecule has 0 unspecified atom stereocenters. The number of para-hydroxylation sites is 1. The third-order valence-corrected chi connectivity index (χ3v) is 2.78. The molecule has 0 aliphatic rings. The van der Waals surface area contributed by atoms with E-state index in [0.717, 1.165) is 0 Å². The summed E-state index contributed by atoms with van der Waals surface area (Å²) < 4.78 is 13.3. The zero-order valence-corrected chi connectivity index (χ0v) is 10.1. The Morgan fingerprint density at radius 1 is 1.33 bits per heavy atom. The number of anilines is 1. The van der Waals surface area contributed by atoms with Gasteiger partial charge in [0, 0.05) is 0 Å². The maximum atomic E-state index is 13.3. The van der Waals surface area contributed by atoms with Gasteiger partial charge in [0.1, 0.15) is 5.82 Å². The predicted octanol–water partition coefficient (Wildman–Crippen LogP) is 1.08. The van der Waals surface area contributed by atoms with E-state index in [9.17, 15) is 9.18 Å². The standard InChI is InChI=1S/C12H17FN2O3/c1-2-12(7-16,8-17)15-11(18)14-10-6-4-3-5-9(10)13/h3-6,16-17H,2,7-8H2,1H3,(H2,14,15,18). The van der Waals surface area contributed by atoms with E-state index in [-0.39, 0.29) is 5.69 Å². The van der Waals surface area contributed by atoms with Crippen molar-refractivity contribution < 1.29 is 19.4 Å². The fraction of sp³-hybridized carbons (Fsp3) is 0.417. The van der Waals surface area contributed by atoms with Gasteiger partial charge in [0.15, 0.2) is 0 Å². The first kappa shape index (κ1) is 14.4. The van der Waals surface area contributed by atoms with Gasteiger partial charge in [0.05, 0.1) is 24.4 Å². The minimum Gasteiger partial charge on any atom is -0.394 e. The number of hydrogen-bond acceptors (Lipinski definition) is 3. The molecule has 0 aromatic heterocycles. The zero-order chi connectivity index (χ0) is 13.6. The molecule has 0 spiro atoms. The first-order chi connectivity index (χ1) is 8.56. The van der Waals surface area contributed by atoms with Gasteiger partial charge in [-0.1, -0.05) is 19.1 Å². The summed E-state index contributed by atoms with van der Waals surface area (Å²) in [4.78, 5) is 11.6. The molecule has 2 amide bonds. The second-order valence-corrected chi connectivity index (χ2v) is 4.01. The van der Waals surface area contributed by atoms with Crippen LogP contribution in [-0.4, -0.2) is 35.0 Å². The Kier molecular flexibility index (Phi) is 5.06. The van der Waals surface area contributed by atoms with Gasteiger partial charge in [0.25, 0.3) is 0 Å². The molecule has 0 aliphatic carbocycles. The number of carbonyl (C=O) groups excluding carboxylic acids is 1. The van der Waals surface area contributed by atoms with Crippen LogP contribution in [0.25, 0.3) is 0 Å². The lowest BCUT2D eigenvalue weighted by atomic mass is 9.99. The number of carbonyl (C=O) groups is 1. The zero-order valence-electron chi connectivity index (χ0n) is 10.1. The normalized spacial score (nSPS) is 11.1. The quantitative estimate of drug-likeness (QED) is 0.636. The molecule has 0 bridgehead atoms. The molecular formula is C12H17FN2O3. The van der Waals surface area contributed by atoms with E-state index in [0.29, 0.717) is 6.42 Å². The van der Waals surface area contributed by atoms with Crippen molar-refractivity contribution in [2.75, 3.05) is 18.5 Å². The summed E-state index contributed by atoms with van der Waals surface area (Å²) >= 11 is 0. The Morgan fingerprint density at radius 2 is 1.94 bits per heavy atom. The van der Waals surface area contributed by atoms with Crippen LogP contribution < -0.4 is 10.6 Å². The highest BCUT2D eigenvalue weighted by molar-refractivity contribution is 5.89. The number of urea groups is 1. The molecule has 18 heavy (non-hydrogen) atoms. The largest absolute Gasteiger partial charge is 0.394 e. The molecule has 1 rings (SSSR count). The lowest BCUT2D eigenvalue weighted by Gasteiger charge is -2.29. The van der Waals surface area contributed by atoms with Gasteiger partial charge in [-0.3, -0.25) is 0 Å². The minimum atomic E-state index is -1.10. The topological polar surface area (TPSA) is 81.6 Å². The van der Waals surface area contributed by atoms with E-state index in [4.69, 9.17) is 10.2 Å². The van der Waals surface area contributed by atoms with Crippen molar-refractivity contribution in [2.24, 2.45) is 0 Å². The summed E-state index contributed by atoms with van der Waals surface area (Å²) in [6.45, 7) is 0.922. The van der Waals surface area contributed by atoms with Crippen molar-refractivity contribution in [2.45, 2.75) is 18.9 Å². The Morgan fingerprint density at radius 3 is 2.44 bits per heavy atom. The van der Waals surface area contributed by atoms with E-state index < -0.39 is 30.6 Å². The molecule has 100 valence electrons. The summed E-state index contributed by atoms with van der Waals surface area (Å²) in [6.07, 6.45) is 0.352. The number of benzene rings is 1. The van der Waals surface area contributed by atoms with E-state index in [2.05, 4.69) is 10.6 Å². The highest BCUT2D eigenvalue weighted by Crippen LogP contribution is 2.13. The van der Waals surface area contributed by atoms with Crippen molar-refractivity contribution in [3.05, 3.63) is 30.1 Å². The number of aliphatic hydroxyl groups excluding tert-OH is 2. The molecular weight excluding hydrogens is 239 g/mol. The number of amides is 2. The third kappa shape index (κ3) is 3.41. The van der Waals surface area contributed by atoms with Crippen LogP contribution in [0.2, 0.25) is 0 Å². The first-order valence-electron chi connectivity index (χ1n) is 5.62. The first-order valence-corrected chi connectivity index (χ1v) is 5.62. The van der Waals surface area contributed by atoms with Crippen LogP contribution in [0, 0.1) is 5.82 Å². The molecule has 0 radical (unpaired) electrons. The van der Waals surface area contributed by atoms with Gasteiger partial charge in [-0.15, -0.1) is 0 Å². The number of rotatable bonds is 5.